The smallest absolute Gasteiger partial charge is 0.455 e. The second-order valence-corrected chi connectivity index (χ2v) is 5.05. The maximum absolute atomic E-state index is 12.1. The lowest BCUT2D eigenvalue weighted by Gasteiger charge is -2.22. The zero-order valence-corrected chi connectivity index (χ0v) is 10.3. The Labute approximate surface area is 114 Å². The van der Waals surface area contributed by atoms with Crippen LogP contribution in [0.5, 0.6) is 0 Å². The van der Waals surface area contributed by atoms with Gasteiger partial charge in [-0.1, -0.05) is 0 Å². The van der Waals surface area contributed by atoms with Gasteiger partial charge in [0.25, 0.3) is 0 Å². The van der Waals surface area contributed by atoms with E-state index in [9.17, 15) is 35.9 Å². The van der Waals surface area contributed by atoms with Crippen LogP contribution >= 0.6 is 0 Å². The lowest BCUT2D eigenvalue weighted by molar-refractivity contribution is -0.211. The van der Waals surface area contributed by atoms with Gasteiger partial charge in [0.15, 0.2) is 0 Å². The fourth-order valence-electron chi connectivity index (χ4n) is 2.92. The van der Waals surface area contributed by atoms with Crippen molar-refractivity contribution in [2.45, 2.75) is 43.8 Å². The topological polar surface area (TPSA) is 52.6 Å². The fraction of sp³-hybridized carbons (Fsp3) is 0.818. The standard InChI is InChI=1S/C11H10F6O4/c12-10(13,14)8(18)20-6-3-4-1-2-5(6)7(4)21-9(19)11(15,16)17/h4-7H,1-3H2/t4-,5+,6-,7+/m0/s1. The van der Waals surface area contributed by atoms with E-state index in [1.807, 2.05) is 0 Å². The van der Waals surface area contributed by atoms with E-state index in [1.165, 1.54) is 0 Å². The molecular weight excluding hydrogens is 310 g/mol. The summed E-state index contributed by atoms with van der Waals surface area (Å²) in [5.74, 6) is -6.12. The van der Waals surface area contributed by atoms with Gasteiger partial charge in [-0.2, -0.15) is 26.3 Å². The molecule has 0 amide bonds. The predicted octanol–water partition coefficient (Wildman–Crippen LogP) is 2.36. The van der Waals surface area contributed by atoms with Crippen molar-refractivity contribution in [3.05, 3.63) is 0 Å². The molecule has 2 fully saturated rings. The number of rotatable bonds is 2. The second-order valence-electron chi connectivity index (χ2n) is 5.05. The Morgan fingerprint density at radius 2 is 1.38 bits per heavy atom. The summed E-state index contributed by atoms with van der Waals surface area (Å²) in [6.07, 6.45) is -12.0. The molecule has 0 spiro atoms. The minimum Gasteiger partial charge on any atom is -0.455 e. The van der Waals surface area contributed by atoms with E-state index < -0.39 is 48.3 Å². The number of halogens is 6. The summed E-state index contributed by atoms with van der Waals surface area (Å²) in [6.45, 7) is 0. The summed E-state index contributed by atoms with van der Waals surface area (Å²) >= 11 is 0. The molecule has 0 saturated heterocycles. The van der Waals surface area contributed by atoms with Crippen LogP contribution in [0.3, 0.4) is 0 Å². The first kappa shape index (κ1) is 15.9. The van der Waals surface area contributed by atoms with Gasteiger partial charge in [0.05, 0.1) is 0 Å². The molecule has 0 aromatic rings. The Hall–Kier alpha value is -1.48. The molecule has 2 rings (SSSR count). The van der Waals surface area contributed by atoms with Crippen LogP contribution in [-0.2, 0) is 19.1 Å². The average Bonchev–Trinajstić information content (AvgIpc) is 2.83. The van der Waals surface area contributed by atoms with Crippen molar-refractivity contribution in [3.8, 4) is 0 Å². The number of fused-ring (bicyclic) bond motifs is 2. The molecule has 4 atom stereocenters. The molecule has 0 unspecified atom stereocenters. The number of ether oxygens (including phenoxy) is 2. The Kier molecular flexibility index (Phi) is 3.83. The van der Waals surface area contributed by atoms with Crippen molar-refractivity contribution in [2.24, 2.45) is 11.8 Å². The first-order valence-electron chi connectivity index (χ1n) is 6.05. The van der Waals surface area contributed by atoms with Gasteiger partial charge >= 0.3 is 24.3 Å². The average molecular weight is 320 g/mol. The minimum atomic E-state index is -5.17. The summed E-state index contributed by atoms with van der Waals surface area (Å²) in [6, 6.07) is 0. The maximum atomic E-state index is 12.1. The third-order valence-electron chi connectivity index (χ3n) is 3.73. The van der Waals surface area contributed by atoms with Crippen molar-refractivity contribution >= 4 is 11.9 Å². The zero-order chi connectivity index (χ0) is 16.0. The predicted molar refractivity (Wildman–Crippen MR) is 52.7 cm³/mol. The number of hydrogen-bond acceptors (Lipinski definition) is 4. The molecule has 2 saturated carbocycles. The lowest BCUT2D eigenvalue weighted by atomic mass is 9.98. The molecule has 0 N–H and O–H groups in total. The summed E-state index contributed by atoms with van der Waals surface area (Å²) in [5.41, 5.74) is 0. The van der Waals surface area contributed by atoms with Gasteiger partial charge in [-0.15, -0.1) is 0 Å². The van der Waals surface area contributed by atoms with Crippen molar-refractivity contribution in [1.82, 2.24) is 0 Å². The van der Waals surface area contributed by atoms with E-state index >= 15 is 0 Å². The third kappa shape index (κ3) is 3.24. The van der Waals surface area contributed by atoms with Gasteiger partial charge in [0.2, 0.25) is 0 Å². The summed E-state index contributed by atoms with van der Waals surface area (Å²) < 4.78 is 81.3. The van der Waals surface area contributed by atoms with Crippen LogP contribution in [0.4, 0.5) is 26.3 Å². The Bertz CT molecular complexity index is 443. The van der Waals surface area contributed by atoms with E-state index in [-0.39, 0.29) is 12.8 Å². The quantitative estimate of drug-likeness (QED) is 0.579. The molecule has 10 heteroatoms. The minimum absolute atomic E-state index is 0.0394. The van der Waals surface area contributed by atoms with Gasteiger partial charge in [-0.05, 0) is 25.2 Å². The molecule has 120 valence electrons. The molecular formula is C11H10F6O4. The Balaban J connectivity index is 1.99. The SMILES string of the molecule is O=C(O[C@@H]1[C@H]2CC[C@@H]1[C@@H](OC(=O)C(F)(F)F)C2)C(F)(F)F. The largest absolute Gasteiger partial charge is 0.490 e. The van der Waals surface area contributed by atoms with E-state index in [0.29, 0.717) is 6.42 Å². The van der Waals surface area contributed by atoms with Gasteiger partial charge in [-0.3, -0.25) is 0 Å². The third-order valence-corrected chi connectivity index (χ3v) is 3.73. The molecule has 2 aliphatic carbocycles. The highest BCUT2D eigenvalue weighted by atomic mass is 19.4. The van der Waals surface area contributed by atoms with Gasteiger partial charge in [-0.25, -0.2) is 9.59 Å². The van der Waals surface area contributed by atoms with E-state index in [4.69, 9.17) is 0 Å². The van der Waals surface area contributed by atoms with Gasteiger partial charge in [0, 0.05) is 5.92 Å². The van der Waals surface area contributed by atoms with E-state index in [2.05, 4.69) is 9.47 Å². The van der Waals surface area contributed by atoms with Gasteiger partial charge in [0.1, 0.15) is 12.2 Å². The first-order valence-corrected chi connectivity index (χ1v) is 6.05. The molecule has 0 aliphatic heterocycles. The van der Waals surface area contributed by atoms with Crippen molar-refractivity contribution in [2.75, 3.05) is 0 Å². The Morgan fingerprint density at radius 1 is 0.857 bits per heavy atom. The zero-order valence-electron chi connectivity index (χ0n) is 10.3. The molecule has 0 aromatic heterocycles. The number of hydrogen-bond donors (Lipinski definition) is 0. The summed E-state index contributed by atoms with van der Waals surface area (Å²) in [4.78, 5) is 21.5. The normalized spacial score (nSPS) is 32.1. The monoisotopic (exact) mass is 320 g/mol. The molecule has 0 heterocycles. The highest BCUT2D eigenvalue weighted by Crippen LogP contribution is 2.48. The van der Waals surface area contributed by atoms with Crippen molar-refractivity contribution in [3.63, 3.8) is 0 Å². The summed E-state index contributed by atoms with van der Waals surface area (Å²) in [7, 11) is 0. The molecule has 21 heavy (non-hydrogen) atoms. The number of carbonyl (C=O) groups is 2. The molecule has 0 aromatic carbocycles. The van der Waals surface area contributed by atoms with Crippen LogP contribution in [0.1, 0.15) is 19.3 Å². The van der Waals surface area contributed by atoms with Crippen molar-refractivity contribution < 1.29 is 45.4 Å². The maximum Gasteiger partial charge on any atom is 0.490 e. The lowest BCUT2D eigenvalue weighted by Crippen LogP contribution is -2.36. The first-order chi connectivity index (χ1) is 9.50. The van der Waals surface area contributed by atoms with Crippen LogP contribution in [0.25, 0.3) is 0 Å². The molecule has 2 aliphatic rings. The number of alkyl halides is 6. The van der Waals surface area contributed by atoms with Crippen LogP contribution in [-0.4, -0.2) is 36.5 Å². The molecule has 4 nitrogen and oxygen atoms in total. The highest BCUT2D eigenvalue weighted by Gasteiger charge is 2.56. The second kappa shape index (κ2) is 5.06. The van der Waals surface area contributed by atoms with Crippen LogP contribution in [0.15, 0.2) is 0 Å². The van der Waals surface area contributed by atoms with Crippen LogP contribution < -0.4 is 0 Å². The fourth-order valence-corrected chi connectivity index (χ4v) is 2.92. The van der Waals surface area contributed by atoms with E-state index in [0.717, 1.165) is 0 Å². The van der Waals surface area contributed by atoms with Crippen LogP contribution in [0.2, 0.25) is 0 Å². The van der Waals surface area contributed by atoms with Gasteiger partial charge < -0.3 is 9.47 Å². The molecule has 2 bridgehead atoms. The number of esters is 2. The van der Waals surface area contributed by atoms with Crippen LogP contribution in [0, 0.1) is 11.8 Å². The Morgan fingerprint density at radius 3 is 1.90 bits per heavy atom. The van der Waals surface area contributed by atoms with Crippen molar-refractivity contribution in [1.29, 1.82) is 0 Å². The number of carbonyl (C=O) groups excluding carboxylic acids is 2. The molecule has 0 radical (unpaired) electrons. The highest BCUT2D eigenvalue weighted by molar-refractivity contribution is 5.76. The van der Waals surface area contributed by atoms with E-state index in [1.54, 1.807) is 0 Å². The summed E-state index contributed by atoms with van der Waals surface area (Å²) in [5, 5.41) is 0.